The van der Waals surface area contributed by atoms with Gasteiger partial charge in [-0.15, -0.1) is 0 Å². The topological polar surface area (TPSA) is 83.6 Å². The van der Waals surface area contributed by atoms with E-state index in [0.717, 1.165) is 9.87 Å². The Balaban J connectivity index is 1.62. The van der Waals surface area contributed by atoms with Crippen LogP contribution in [-0.4, -0.2) is 32.5 Å². The predicted octanol–water partition coefficient (Wildman–Crippen LogP) is 2.11. The Morgan fingerprint density at radius 3 is 2.33 bits per heavy atom. The molecule has 8 heteroatoms. The third kappa shape index (κ3) is 4.16. The number of sulfonamides is 1. The van der Waals surface area contributed by atoms with Crippen LogP contribution < -0.4 is 9.62 Å². The lowest BCUT2D eigenvalue weighted by atomic mass is 10.1. The molecule has 142 valence electrons. The number of halogens is 1. The van der Waals surface area contributed by atoms with Crippen LogP contribution in [0, 0.1) is 11.7 Å². The van der Waals surface area contributed by atoms with Gasteiger partial charge in [0.05, 0.1) is 17.4 Å². The molecule has 0 spiro atoms. The molecule has 1 saturated heterocycles. The molecule has 0 radical (unpaired) electrons. The van der Waals surface area contributed by atoms with Gasteiger partial charge in [-0.3, -0.25) is 9.59 Å². The first-order valence-electron chi connectivity index (χ1n) is 8.47. The molecule has 2 aromatic rings. The lowest BCUT2D eigenvalue weighted by molar-refractivity contribution is -0.119. The van der Waals surface area contributed by atoms with E-state index in [4.69, 9.17) is 0 Å². The summed E-state index contributed by atoms with van der Waals surface area (Å²) in [6, 6.07) is 11.9. The molecule has 2 aromatic carbocycles. The molecule has 0 aromatic heterocycles. The zero-order valence-electron chi connectivity index (χ0n) is 14.7. The summed E-state index contributed by atoms with van der Waals surface area (Å²) in [6.45, 7) is 1.95. The number of carbonyl (C=O) groups is 2. The fourth-order valence-electron chi connectivity index (χ4n) is 2.91. The second-order valence-corrected chi connectivity index (χ2v) is 8.32. The number of anilines is 1. The highest BCUT2D eigenvalue weighted by molar-refractivity contribution is 7.94. The molecule has 1 fully saturated rings. The van der Waals surface area contributed by atoms with Gasteiger partial charge in [-0.25, -0.2) is 17.1 Å². The maximum atomic E-state index is 12.9. The number of rotatable bonds is 5. The molecule has 0 saturated carbocycles. The third-order valence-corrected chi connectivity index (χ3v) is 6.21. The quantitative estimate of drug-likeness (QED) is 0.848. The van der Waals surface area contributed by atoms with Gasteiger partial charge in [0.1, 0.15) is 5.82 Å². The number of benzene rings is 2. The Labute approximate surface area is 157 Å². The van der Waals surface area contributed by atoms with Crippen molar-refractivity contribution < 1.29 is 22.4 Å². The van der Waals surface area contributed by atoms with E-state index in [1.54, 1.807) is 19.1 Å². The van der Waals surface area contributed by atoms with Crippen molar-refractivity contribution in [2.75, 3.05) is 16.6 Å². The van der Waals surface area contributed by atoms with Gasteiger partial charge in [0.15, 0.2) is 0 Å². The van der Waals surface area contributed by atoms with Crippen molar-refractivity contribution in [3.8, 4) is 0 Å². The van der Waals surface area contributed by atoms with E-state index in [2.05, 4.69) is 5.32 Å². The predicted molar refractivity (Wildman–Crippen MR) is 99.3 cm³/mol. The highest BCUT2D eigenvalue weighted by Gasteiger charge is 2.41. The standard InChI is InChI=1S/C19H19FN2O4S/c1-13-12-27(25,26)22(19(13)24)17-8-4-15(5-9-17)18(23)21-11-10-14-2-6-16(20)7-3-14/h2-9,13H,10-12H2,1H3,(H,21,23)/t13-/m1/s1. The molecule has 0 bridgehead atoms. The minimum atomic E-state index is -3.66. The molecule has 27 heavy (non-hydrogen) atoms. The zero-order valence-corrected chi connectivity index (χ0v) is 15.5. The minimum Gasteiger partial charge on any atom is -0.352 e. The number of nitrogens with zero attached hydrogens (tertiary/aromatic N) is 1. The number of amides is 2. The second kappa shape index (κ2) is 7.48. The van der Waals surface area contributed by atoms with Crippen LogP contribution >= 0.6 is 0 Å². The minimum absolute atomic E-state index is 0.211. The SMILES string of the molecule is C[C@@H]1CS(=O)(=O)N(c2ccc(C(=O)NCCc3ccc(F)cc3)cc2)C1=O. The molecule has 0 aliphatic carbocycles. The summed E-state index contributed by atoms with van der Waals surface area (Å²) in [5.74, 6) is -1.88. The number of hydrogen-bond acceptors (Lipinski definition) is 4. The summed E-state index contributed by atoms with van der Waals surface area (Å²) in [7, 11) is -3.66. The van der Waals surface area contributed by atoms with E-state index in [-0.39, 0.29) is 23.2 Å². The van der Waals surface area contributed by atoms with Crippen molar-refractivity contribution in [2.24, 2.45) is 5.92 Å². The van der Waals surface area contributed by atoms with Crippen molar-refractivity contribution in [3.63, 3.8) is 0 Å². The molecule has 1 atom stereocenters. The first-order chi connectivity index (χ1) is 12.8. The van der Waals surface area contributed by atoms with Crippen molar-refractivity contribution in [2.45, 2.75) is 13.3 Å². The van der Waals surface area contributed by atoms with E-state index < -0.39 is 21.8 Å². The van der Waals surface area contributed by atoms with Gasteiger partial charge in [-0.2, -0.15) is 0 Å². The van der Waals surface area contributed by atoms with Gasteiger partial charge in [-0.1, -0.05) is 19.1 Å². The lowest BCUT2D eigenvalue weighted by Crippen LogP contribution is -2.30. The largest absolute Gasteiger partial charge is 0.352 e. The molecule has 3 rings (SSSR count). The average molecular weight is 390 g/mol. The first kappa shape index (κ1) is 19.0. The Kier molecular flexibility index (Phi) is 5.27. The molecule has 1 N–H and O–H groups in total. The fourth-order valence-corrected chi connectivity index (χ4v) is 4.73. The van der Waals surface area contributed by atoms with Gasteiger partial charge >= 0.3 is 0 Å². The Hall–Kier alpha value is -2.74. The van der Waals surface area contributed by atoms with Crippen LogP contribution in [-0.2, 0) is 21.2 Å². The van der Waals surface area contributed by atoms with Crippen LogP contribution in [0.4, 0.5) is 10.1 Å². The smallest absolute Gasteiger partial charge is 0.251 e. The fraction of sp³-hybridized carbons (Fsp3) is 0.263. The zero-order chi connectivity index (χ0) is 19.6. The van der Waals surface area contributed by atoms with E-state index in [9.17, 15) is 22.4 Å². The maximum Gasteiger partial charge on any atom is 0.251 e. The summed E-state index contributed by atoms with van der Waals surface area (Å²) < 4.78 is 37.9. The van der Waals surface area contributed by atoms with E-state index in [0.29, 0.717) is 18.5 Å². The third-order valence-electron chi connectivity index (χ3n) is 4.34. The van der Waals surface area contributed by atoms with E-state index in [1.807, 2.05) is 0 Å². The van der Waals surface area contributed by atoms with Gasteiger partial charge in [0, 0.05) is 12.1 Å². The average Bonchev–Trinajstić information content (AvgIpc) is 2.84. The van der Waals surface area contributed by atoms with Crippen LogP contribution in [0.25, 0.3) is 0 Å². The van der Waals surface area contributed by atoms with Crippen molar-refractivity contribution >= 4 is 27.5 Å². The van der Waals surface area contributed by atoms with Gasteiger partial charge in [-0.05, 0) is 48.4 Å². The molecule has 6 nitrogen and oxygen atoms in total. The van der Waals surface area contributed by atoms with E-state index in [1.165, 1.54) is 36.4 Å². The second-order valence-electron chi connectivity index (χ2n) is 6.46. The molecule has 1 aliphatic heterocycles. The molecule has 1 heterocycles. The Bertz CT molecular complexity index is 956. The van der Waals surface area contributed by atoms with Crippen molar-refractivity contribution in [1.29, 1.82) is 0 Å². The van der Waals surface area contributed by atoms with Gasteiger partial charge in [0.2, 0.25) is 15.9 Å². The first-order valence-corrected chi connectivity index (χ1v) is 10.1. The van der Waals surface area contributed by atoms with E-state index >= 15 is 0 Å². The van der Waals surface area contributed by atoms with Crippen LogP contribution in [0.15, 0.2) is 48.5 Å². The van der Waals surface area contributed by atoms with Crippen LogP contribution in [0.5, 0.6) is 0 Å². The number of nitrogens with one attached hydrogen (secondary N) is 1. The van der Waals surface area contributed by atoms with Gasteiger partial charge in [0.25, 0.3) is 5.91 Å². The molecular formula is C19H19FN2O4S. The molecule has 2 amide bonds. The monoisotopic (exact) mass is 390 g/mol. The van der Waals surface area contributed by atoms with Crippen molar-refractivity contribution in [3.05, 3.63) is 65.5 Å². The Morgan fingerprint density at radius 1 is 1.15 bits per heavy atom. The highest BCUT2D eigenvalue weighted by atomic mass is 32.2. The molecular weight excluding hydrogens is 371 g/mol. The lowest BCUT2D eigenvalue weighted by Gasteiger charge is -2.15. The van der Waals surface area contributed by atoms with Crippen LogP contribution in [0.3, 0.4) is 0 Å². The summed E-state index contributed by atoms with van der Waals surface area (Å²) >= 11 is 0. The number of carbonyl (C=O) groups excluding carboxylic acids is 2. The Morgan fingerprint density at radius 2 is 1.78 bits per heavy atom. The summed E-state index contributed by atoms with van der Waals surface area (Å²) in [5, 5.41) is 2.75. The highest BCUT2D eigenvalue weighted by Crippen LogP contribution is 2.28. The summed E-state index contributed by atoms with van der Waals surface area (Å²) in [5.41, 5.74) is 1.49. The van der Waals surface area contributed by atoms with Crippen LogP contribution in [0.1, 0.15) is 22.8 Å². The van der Waals surface area contributed by atoms with Crippen LogP contribution in [0.2, 0.25) is 0 Å². The molecule has 1 aliphatic rings. The van der Waals surface area contributed by atoms with Gasteiger partial charge < -0.3 is 5.32 Å². The maximum absolute atomic E-state index is 12.9. The normalized spacial score (nSPS) is 18.5. The summed E-state index contributed by atoms with van der Waals surface area (Å²) in [4.78, 5) is 24.3. The molecule has 0 unspecified atom stereocenters. The number of hydrogen-bond donors (Lipinski definition) is 1. The van der Waals surface area contributed by atoms with Crippen molar-refractivity contribution in [1.82, 2.24) is 5.32 Å². The summed E-state index contributed by atoms with van der Waals surface area (Å²) in [6.07, 6.45) is 0.558.